The van der Waals surface area contributed by atoms with Crippen LogP contribution in [0.1, 0.15) is 45.1 Å². The van der Waals surface area contributed by atoms with Crippen molar-refractivity contribution in [1.82, 2.24) is 0 Å². The molecule has 0 aliphatic heterocycles. The number of carbonyl (C=O) groups is 3. The molecule has 0 fully saturated rings. The van der Waals surface area contributed by atoms with Gasteiger partial charge in [0.1, 0.15) is 22.8 Å². The maximum Gasteiger partial charge on any atom is 0.348 e. The first kappa shape index (κ1) is 25.3. The normalized spacial score (nSPS) is 10.6. The van der Waals surface area contributed by atoms with Gasteiger partial charge in [0.05, 0.1) is 24.4 Å². The highest BCUT2D eigenvalue weighted by Gasteiger charge is 2.23. The van der Waals surface area contributed by atoms with Crippen LogP contribution in [0.25, 0.3) is 6.08 Å². The van der Waals surface area contributed by atoms with Gasteiger partial charge in [0, 0.05) is 11.3 Å². The molecule has 0 aliphatic rings. The van der Waals surface area contributed by atoms with Gasteiger partial charge in [-0.15, -0.1) is 11.3 Å². The number of carbonyl (C=O) groups excluding carboxylic acids is 3. The van der Waals surface area contributed by atoms with Crippen molar-refractivity contribution in [1.29, 1.82) is 10.5 Å². The molecule has 0 saturated carbocycles. The molecule has 8 nitrogen and oxygen atoms in total. The monoisotopic (exact) mass is 466 g/mol. The molecule has 2 rings (SSSR count). The molecule has 0 saturated heterocycles. The first-order chi connectivity index (χ1) is 15.8. The molecule has 0 bridgehead atoms. The van der Waals surface area contributed by atoms with Crippen LogP contribution in [0, 0.1) is 29.6 Å². The number of nitrogens with zero attached hydrogens (tertiary/aromatic N) is 2. The average Bonchev–Trinajstić information content (AvgIpc) is 3.11. The van der Waals surface area contributed by atoms with Crippen LogP contribution in [-0.4, -0.2) is 37.5 Å². The Labute approximate surface area is 195 Å². The fourth-order valence-electron chi connectivity index (χ4n) is 2.82. The third kappa shape index (κ3) is 6.76. The van der Waals surface area contributed by atoms with Crippen molar-refractivity contribution >= 4 is 35.1 Å². The van der Waals surface area contributed by atoms with Gasteiger partial charge in [-0.1, -0.05) is 12.1 Å². The number of ketones is 1. The van der Waals surface area contributed by atoms with Gasteiger partial charge in [-0.05, 0) is 50.1 Å². The number of Topliss-reactive ketones (excluding diaryl/α,β-unsaturated/α-hetero) is 1. The number of nitriles is 2. The van der Waals surface area contributed by atoms with Gasteiger partial charge >= 0.3 is 11.9 Å². The summed E-state index contributed by atoms with van der Waals surface area (Å²) in [7, 11) is 0. The van der Waals surface area contributed by atoms with E-state index >= 15 is 0 Å². The molecule has 33 heavy (non-hydrogen) atoms. The summed E-state index contributed by atoms with van der Waals surface area (Å²) in [6.45, 7) is 5.25. The number of hydrogen-bond acceptors (Lipinski definition) is 9. The molecule has 0 N–H and O–H groups in total. The lowest BCUT2D eigenvalue weighted by molar-refractivity contribution is -0.145. The molecule has 0 unspecified atom stereocenters. The lowest BCUT2D eigenvalue weighted by Crippen LogP contribution is -2.14. The van der Waals surface area contributed by atoms with E-state index in [4.69, 9.17) is 14.2 Å². The van der Waals surface area contributed by atoms with Crippen molar-refractivity contribution in [2.75, 3.05) is 19.8 Å². The van der Waals surface area contributed by atoms with E-state index in [1.54, 1.807) is 45.0 Å². The lowest BCUT2D eigenvalue weighted by atomic mass is 10.0. The highest BCUT2D eigenvalue weighted by molar-refractivity contribution is 7.14. The zero-order chi connectivity index (χ0) is 24.4. The molecule has 1 aromatic carbocycles. The Balaban J connectivity index is 2.16. The second-order valence-electron chi connectivity index (χ2n) is 6.62. The van der Waals surface area contributed by atoms with Crippen LogP contribution in [0.3, 0.4) is 0 Å². The van der Waals surface area contributed by atoms with Crippen LogP contribution in [-0.2, 0) is 25.5 Å². The van der Waals surface area contributed by atoms with Crippen LogP contribution >= 0.6 is 11.3 Å². The van der Waals surface area contributed by atoms with Gasteiger partial charge in [0.15, 0.2) is 12.4 Å². The van der Waals surface area contributed by atoms with E-state index < -0.39 is 17.7 Å². The van der Waals surface area contributed by atoms with E-state index in [2.05, 4.69) is 0 Å². The van der Waals surface area contributed by atoms with Gasteiger partial charge in [0.25, 0.3) is 0 Å². The summed E-state index contributed by atoms with van der Waals surface area (Å²) < 4.78 is 15.1. The minimum atomic E-state index is -0.545. The second-order valence-corrected chi connectivity index (χ2v) is 7.72. The molecule has 2 aromatic rings. The molecule has 0 radical (unpaired) electrons. The number of hydrogen-bond donors (Lipinski definition) is 0. The van der Waals surface area contributed by atoms with Crippen LogP contribution in [0.4, 0.5) is 0 Å². The van der Waals surface area contributed by atoms with Crippen molar-refractivity contribution in [2.45, 2.75) is 27.2 Å². The first-order valence-corrected chi connectivity index (χ1v) is 10.9. The van der Waals surface area contributed by atoms with Gasteiger partial charge in [-0.3, -0.25) is 4.79 Å². The van der Waals surface area contributed by atoms with E-state index in [-0.39, 0.29) is 42.3 Å². The Bertz CT molecular complexity index is 1150. The molecule has 0 aliphatic carbocycles. The van der Waals surface area contributed by atoms with E-state index in [1.165, 1.54) is 6.08 Å². The quantitative estimate of drug-likeness (QED) is 0.294. The number of allylic oxidation sites excluding steroid dienone is 1. The van der Waals surface area contributed by atoms with Crippen molar-refractivity contribution in [3.63, 3.8) is 0 Å². The number of esters is 2. The molecule has 9 heteroatoms. The fraction of sp³-hybridized carbons (Fsp3) is 0.292. The molecular weight excluding hydrogens is 444 g/mol. The molecule has 0 atom stereocenters. The van der Waals surface area contributed by atoms with Crippen LogP contribution in [0.2, 0.25) is 0 Å². The third-order valence-corrected chi connectivity index (χ3v) is 5.66. The molecule has 1 aromatic heterocycles. The smallest absolute Gasteiger partial charge is 0.348 e. The number of thiophene rings is 1. The van der Waals surface area contributed by atoms with Crippen molar-refractivity contribution in [3.8, 4) is 17.9 Å². The van der Waals surface area contributed by atoms with Crippen molar-refractivity contribution in [3.05, 3.63) is 56.3 Å². The highest BCUT2D eigenvalue weighted by atomic mass is 32.1. The maximum atomic E-state index is 12.8. The lowest BCUT2D eigenvalue weighted by Gasteiger charge is -2.06. The summed E-state index contributed by atoms with van der Waals surface area (Å²) in [6.07, 6.45) is 1.24. The Morgan fingerprint density at radius 3 is 2.30 bits per heavy atom. The number of ether oxygens (including phenoxy) is 3. The van der Waals surface area contributed by atoms with E-state index in [0.717, 1.165) is 11.3 Å². The van der Waals surface area contributed by atoms with Crippen LogP contribution < -0.4 is 4.74 Å². The first-order valence-electron chi connectivity index (χ1n) is 10.1. The summed E-state index contributed by atoms with van der Waals surface area (Å²) in [5, 5.41) is 19.0. The zero-order valence-corrected chi connectivity index (χ0v) is 19.3. The Kier molecular flexibility index (Phi) is 9.34. The maximum absolute atomic E-state index is 12.8. The number of benzene rings is 1. The zero-order valence-electron chi connectivity index (χ0n) is 18.5. The van der Waals surface area contributed by atoms with Gasteiger partial charge in [-0.25, -0.2) is 9.59 Å². The fourth-order valence-corrected chi connectivity index (χ4v) is 3.97. The Hall–Kier alpha value is -3.95. The summed E-state index contributed by atoms with van der Waals surface area (Å²) in [5.74, 6) is -1.07. The largest absolute Gasteiger partial charge is 0.482 e. The van der Waals surface area contributed by atoms with Crippen LogP contribution in [0.5, 0.6) is 5.75 Å². The van der Waals surface area contributed by atoms with Gasteiger partial charge in [-0.2, -0.15) is 10.5 Å². The second kappa shape index (κ2) is 12.2. The molecule has 1 heterocycles. The highest BCUT2D eigenvalue weighted by Crippen LogP contribution is 2.29. The molecular formula is C24H22N2O6S. The molecule has 170 valence electrons. The molecule has 0 spiro atoms. The van der Waals surface area contributed by atoms with Crippen molar-refractivity contribution in [2.24, 2.45) is 0 Å². The van der Waals surface area contributed by atoms with E-state index in [1.807, 2.05) is 12.1 Å². The SMILES string of the molecule is CCOC(=O)COc1ccc(/C=C(\C#N)C(=O)Cc2sc(C(=O)OCC)c(C)c2C#N)cc1. The predicted octanol–water partition coefficient (Wildman–Crippen LogP) is 3.77. The van der Waals surface area contributed by atoms with Gasteiger partial charge < -0.3 is 14.2 Å². The predicted molar refractivity (Wildman–Crippen MR) is 121 cm³/mol. The Morgan fingerprint density at radius 1 is 1.06 bits per heavy atom. The molecule has 0 amide bonds. The standard InChI is InChI=1S/C24H22N2O6S/c1-4-30-22(28)14-32-18-8-6-16(7-9-18)10-17(12-25)20(27)11-21-19(13-26)15(3)23(33-21)24(29)31-5-2/h6-10H,4-5,11,14H2,1-3H3/b17-10+. The Morgan fingerprint density at radius 2 is 1.73 bits per heavy atom. The number of rotatable bonds is 10. The summed E-state index contributed by atoms with van der Waals surface area (Å²) in [5.41, 5.74) is 1.20. The average molecular weight is 467 g/mol. The van der Waals surface area contributed by atoms with E-state index in [9.17, 15) is 24.9 Å². The minimum Gasteiger partial charge on any atom is -0.482 e. The topological polar surface area (TPSA) is 126 Å². The van der Waals surface area contributed by atoms with Gasteiger partial charge in [0.2, 0.25) is 0 Å². The minimum absolute atomic E-state index is 0.0946. The van der Waals surface area contributed by atoms with E-state index in [0.29, 0.717) is 21.8 Å². The summed E-state index contributed by atoms with van der Waals surface area (Å²) in [4.78, 5) is 36.9. The van der Waals surface area contributed by atoms with Crippen molar-refractivity contribution < 1.29 is 28.6 Å². The summed E-state index contributed by atoms with van der Waals surface area (Å²) in [6, 6.07) is 10.4. The summed E-state index contributed by atoms with van der Waals surface area (Å²) >= 11 is 1.03. The third-order valence-electron chi connectivity index (χ3n) is 4.39. The van der Waals surface area contributed by atoms with Crippen LogP contribution in [0.15, 0.2) is 29.8 Å².